The number of carboxylic acids is 1. The standard InChI is InChI=1S/C22H21ClN4O8S/c1-12(2)18(21(29)30)26-19(28)17(20(26)36(34)25-15-7-5-14(23)6-8-15)24-22(31)35-11-13-3-9-16(10-4-13)27(32)33/h3-10,17-18,20,25H,1,11H2,2H3,(H,24,31)(H,29,30). The van der Waals surface area contributed by atoms with Gasteiger partial charge < -0.3 is 19.7 Å². The minimum absolute atomic E-state index is 0.128. The summed E-state index contributed by atoms with van der Waals surface area (Å²) in [6.45, 7) is 4.76. The first kappa shape index (κ1) is 26.8. The number of likely N-dealkylation sites (tertiary alicyclic amines) is 1. The lowest BCUT2D eigenvalue weighted by Crippen LogP contribution is -2.76. The van der Waals surface area contributed by atoms with E-state index in [1.807, 2.05) is 0 Å². The molecule has 0 aromatic heterocycles. The van der Waals surface area contributed by atoms with Crippen LogP contribution in [-0.2, 0) is 32.3 Å². The number of alkyl carbamates (subject to hydrolysis) is 1. The lowest BCUT2D eigenvalue weighted by atomic mass is 9.99. The number of anilines is 1. The van der Waals surface area contributed by atoms with Crippen molar-refractivity contribution < 1.29 is 33.7 Å². The Morgan fingerprint density at radius 1 is 1.25 bits per heavy atom. The summed E-state index contributed by atoms with van der Waals surface area (Å²) in [5, 5.41) is 21.8. The molecule has 36 heavy (non-hydrogen) atoms. The lowest BCUT2D eigenvalue weighted by Gasteiger charge is -2.47. The summed E-state index contributed by atoms with van der Waals surface area (Å²) in [6, 6.07) is 8.65. The van der Waals surface area contributed by atoms with Gasteiger partial charge in [0.1, 0.15) is 6.61 Å². The fourth-order valence-electron chi connectivity index (χ4n) is 3.41. The molecule has 14 heteroatoms. The summed E-state index contributed by atoms with van der Waals surface area (Å²) in [5.74, 6) is -2.16. The molecule has 2 amide bonds. The predicted octanol–water partition coefficient (Wildman–Crippen LogP) is 2.82. The SMILES string of the molecule is C=C(C)C(C(=O)O)N1C(=O)C(NC(=O)OCc2ccc([N+](=O)[O-])cc2)C1[S+]([O-])Nc1ccc(Cl)cc1. The van der Waals surface area contributed by atoms with E-state index in [-0.39, 0.29) is 17.9 Å². The Hall–Kier alpha value is -3.81. The molecule has 3 N–H and O–H groups in total. The Kier molecular flexibility index (Phi) is 8.40. The second-order valence-electron chi connectivity index (χ2n) is 7.75. The Bertz CT molecular complexity index is 1160. The van der Waals surface area contributed by atoms with E-state index in [1.165, 1.54) is 31.2 Å². The summed E-state index contributed by atoms with van der Waals surface area (Å²) in [6.07, 6.45) is -1.03. The molecule has 1 fully saturated rings. The quantitative estimate of drug-likeness (QED) is 0.135. The molecule has 12 nitrogen and oxygen atoms in total. The highest BCUT2D eigenvalue weighted by atomic mass is 35.5. The number of carboxylic acid groups (broad SMARTS) is 1. The van der Waals surface area contributed by atoms with Crippen LogP contribution in [0, 0.1) is 10.1 Å². The van der Waals surface area contributed by atoms with Gasteiger partial charge in [0.25, 0.3) is 11.6 Å². The van der Waals surface area contributed by atoms with Gasteiger partial charge in [-0.2, -0.15) is 0 Å². The van der Waals surface area contributed by atoms with Crippen LogP contribution in [0.2, 0.25) is 5.02 Å². The van der Waals surface area contributed by atoms with Crippen molar-refractivity contribution in [2.75, 3.05) is 4.72 Å². The largest absolute Gasteiger partial charge is 0.591 e. The molecule has 0 saturated carbocycles. The predicted molar refractivity (Wildman–Crippen MR) is 130 cm³/mol. The highest BCUT2D eigenvalue weighted by molar-refractivity contribution is 7.93. The van der Waals surface area contributed by atoms with E-state index in [0.29, 0.717) is 16.3 Å². The first-order valence-electron chi connectivity index (χ1n) is 10.3. The van der Waals surface area contributed by atoms with Gasteiger partial charge >= 0.3 is 12.1 Å². The van der Waals surface area contributed by atoms with Crippen molar-refractivity contribution in [3.63, 3.8) is 0 Å². The van der Waals surface area contributed by atoms with Crippen LogP contribution in [-0.4, -0.2) is 54.9 Å². The number of benzene rings is 2. The van der Waals surface area contributed by atoms with Gasteiger partial charge in [0.2, 0.25) is 5.37 Å². The maximum absolute atomic E-state index is 13.1. The monoisotopic (exact) mass is 536 g/mol. The van der Waals surface area contributed by atoms with Gasteiger partial charge in [-0.1, -0.05) is 18.2 Å². The number of amides is 2. The Morgan fingerprint density at radius 3 is 2.39 bits per heavy atom. The average molecular weight is 537 g/mol. The fraction of sp³-hybridized carbons (Fsp3) is 0.227. The number of rotatable bonds is 10. The Labute approximate surface area is 213 Å². The van der Waals surface area contributed by atoms with E-state index in [0.717, 1.165) is 4.90 Å². The number of non-ortho nitro benzene ring substituents is 1. The highest BCUT2D eigenvalue weighted by Gasteiger charge is 2.60. The molecule has 1 aliphatic rings. The van der Waals surface area contributed by atoms with Crippen molar-refractivity contribution in [1.29, 1.82) is 0 Å². The van der Waals surface area contributed by atoms with Crippen LogP contribution in [0.4, 0.5) is 16.2 Å². The molecule has 1 saturated heterocycles. The van der Waals surface area contributed by atoms with E-state index in [4.69, 9.17) is 16.3 Å². The zero-order valence-electron chi connectivity index (χ0n) is 18.8. The van der Waals surface area contributed by atoms with Crippen molar-refractivity contribution in [3.8, 4) is 0 Å². The number of nitrogens with one attached hydrogen (secondary N) is 2. The van der Waals surface area contributed by atoms with Crippen LogP contribution < -0.4 is 10.0 Å². The third kappa shape index (κ3) is 6.05. The minimum Gasteiger partial charge on any atom is -0.591 e. The second kappa shape index (κ2) is 11.3. The molecule has 4 atom stereocenters. The normalized spacial score (nSPS) is 18.4. The summed E-state index contributed by atoms with van der Waals surface area (Å²) < 4.78 is 20.9. The number of carbonyl (C=O) groups is 3. The van der Waals surface area contributed by atoms with Gasteiger partial charge in [-0.15, -0.1) is 0 Å². The number of nitro groups is 1. The maximum atomic E-state index is 13.1. The molecule has 2 aromatic carbocycles. The summed E-state index contributed by atoms with van der Waals surface area (Å²) >= 11 is 3.80. The molecule has 0 radical (unpaired) electrons. The highest BCUT2D eigenvalue weighted by Crippen LogP contribution is 2.31. The summed E-state index contributed by atoms with van der Waals surface area (Å²) in [5.41, 5.74) is 0.838. The molecular formula is C22H21ClN4O8S. The molecule has 1 aliphatic heterocycles. The average Bonchev–Trinajstić information content (AvgIpc) is 2.82. The van der Waals surface area contributed by atoms with E-state index < -0.39 is 51.7 Å². The topological polar surface area (TPSA) is 174 Å². The zero-order chi connectivity index (χ0) is 26.6. The minimum atomic E-state index is -2.06. The van der Waals surface area contributed by atoms with Crippen LogP contribution in [0.1, 0.15) is 12.5 Å². The molecule has 0 bridgehead atoms. The number of hydrogen-bond donors (Lipinski definition) is 3. The van der Waals surface area contributed by atoms with E-state index in [1.54, 1.807) is 24.3 Å². The van der Waals surface area contributed by atoms with Crippen LogP contribution in [0.25, 0.3) is 0 Å². The number of nitrogens with zero attached hydrogens (tertiary/aromatic N) is 2. The number of halogens is 1. The molecule has 1 heterocycles. The van der Waals surface area contributed by atoms with Crippen molar-refractivity contribution >= 4 is 52.3 Å². The van der Waals surface area contributed by atoms with E-state index in [2.05, 4.69) is 16.6 Å². The number of hydrogen-bond acceptors (Lipinski definition) is 8. The number of carbonyl (C=O) groups excluding carboxylic acids is 2. The number of nitro benzene ring substituents is 1. The van der Waals surface area contributed by atoms with E-state index >= 15 is 0 Å². The number of β-lactam (4-membered cyclic amide) rings is 1. The van der Waals surface area contributed by atoms with Crippen molar-refractivity contribution in [2.45, 2.75) is 31.0 Å². The molecule has 2 aromatic rings. The van der Waals surface area contributed by atoms with Crippen LogP contribution in [0.3, 0.4) is 0 Å². The number of aliphatic carboxylic acids is 1. The molecule has 0 aliphatic carbocycles. The third-order valence-electron chi connectivity index (χ3n) is 5.13. The van der Waals surface area contributed by atoms with Crippen LogP contribution >= 0.6 is 11.6 Å². The molecule has 3 rings (SSSR count). The van der Waals surface area contributed by atoms with E-state index in [9.17, 15) is 34.2 Å². The molecular weight excluding hydrogens is 516 g/mol. The molecule has 4 unspecified atom stereocenters. The Balaban J connectivity index is 1.73. The van der Waals surface area contributed by atoms with Crippen molar-refractivity contribution in [2.24, 2.45) is 0 Å². The van der Waals surface area contributed by atoms with Gasteiger partial charge in [-0.05, 0) is 54.5 Å². The Morgan fingerprint density at radius 2 is 1.86 bits per heavy atom. The zero-order valence-corrected chi connectivity index (χ0v) is 20.3. The molecule has 190 valence electrons. The lowest BCUT2D eigenvalue weighted by molar-refractivity contribution is -0.384. The van der Waals surface area contributed by atoms with Gasteiger partial charge in [0, 0.05) is 17.2 Å². The van der Waals surface area contributed by atoms with Gasteiger partial charge in [0.05, 0.1) is 22.0 Å². The number of ether oxygens (including phenoxy) is 1. The van der Waals surface area contributed by atoms with Crippen molar-refractivity contribution in [3.05, 3.63) is 81.4 Å². The maximum Gasteiger partial charge on any atom is 0.408 e. The second-order valence-corrected chi connectivity index (χ2v) is 9.47. The summed E-state index contributed by atoms with van der Waals surface area (Å²) in [4.78, 5) is 48.1. The smallest absolute Gasteiger partial charge is 0.408 e. The third-order valence-corrected chi connectivity index (χ3v) is 6.76. The van der Waals surface area contributed by atoms with Gasteiger partial charge in [-0.3, -0.25) is 19.8 Å². The van der Waals surface area contributed by atoms with Crippen molar-refractivity contribution in [1.82, 2.24) is 10.2 Å². The molecule has 0 spiro atoms. The van der Waals surface area contributed by atoms with Gasteiger partial charge in [-0.25, -0.2) is 14.3 Å². The summed E-state index contributed by atoms with van der Waals surface area (Å²) in [7, 11) is 0. The fourth-order valence-corrected chi connectivity index (χ4v) is 4.89. The van der Waals surface area contributed by atoms with Crippen LogP contribution in [0.5, 0.6) is 0 Å². The van der Waals surface area contributed by atoms with Crippen LogP contribution in [0.15, 0.2) is 60.7 Å². The van der Waals surface area contributed by atoms with Gasteiger partial charge in [0.15, 0.2) is 12.1 Å². The first-order valence-corrected chi connectivity index (χ1v) is 11.9. The first-order chi connectivity index (χ1) is 17.0.